The highest BCUT2D eigenvalue weighted by Gasteiger charge is 2.36. The standard InChI is InChI=1S/C23H11Br2F3N2O5S/c24-15-8-12(10-19-21(31)29(22(32)36-19)14-4-2-1-3-5-14)9-16(25)20(15)35-18-7-6-13(23(26,27)28)11-17(18)30(33)34/h1-11H. The van der Waals surface area contributed by atoms with Crippen LogP contribution in [-0.4, -0.2) is 16.1 Å². The first-order chi connectivity index (χ1) is 17.0. The van der Waals surface area contributed by atoms with E-state index < -0.39 is 39.2 Å². The molecular weight excluding hydrogens is 633 g/mol. The molecule has 1 aliphatic rings. The smallest absolute Gasteiger partial charge is 0.416 e. The second-order valence-electron chi connectivity index (χ2n) is 7.21. The molecule has 3 aromatic rings. The van der Waals surface area contributed by atoms with Gasteiger partial charge in [-0.3, -0.25) is 19.7 Å². The van der Waals surface area contributed by atoms with E-state index in [2.05, 4.69) is 31.9 Å². The van der Waals surface area contributed by atoms with Crippen molar-refractivity contribution in [3.63, 3.8) is 0 Å². The van der Waals surface area contributed by atoms with Gasteiger partial charge in [-0.05, 0) is 91.7 Å². The summed E-state index contributed by atoms with van der Waals surface area (Å²) in [5.41, 5.74) is -1.11. The molecular formula is C23H11Br2F3N2O5S. The third-order valence-corrected chi connectivity index (χ3v) is 6.87. The van der Waals surface area contributed by atoms with Crippen LogP contribution in [0.1, 0.15) is 11.1 Å². The minimum Gasteiger partial charge on any atom is -0.448 e. The minimum atomic E-state index is -4.76. The maximum Gasteiger partial charge on any atom is 0.416 e. The molecule has 184 valence electrons. The second-order valence-corrected chi connectivity index (χ2v) is 9.91. The monoisotopic (exact) mass is 642 g/mol. The summed E-state index contributed by atoms with van der Waals surface area (Å²) in [5, 5.41) is 10.9. The van der Waals surface area contributed by atoms with E-state index in [9.17, 15) is 32.9 Å². The summed E-state index contributed by atoms with van der Waals surface area (Å²) in [6.07, 6.45) is -3.26. The third-order valence-electron chi connectivity index (χ3n) is 4.82. The van der Waals surface area contributed by atoms with Crippen molar-refractivity contribution in [3.05, 3.63) is 95.8 Å². The molecule has 0 atom stereocenters. The third kappa shape index (κ3) is 5.32. The molecule has 1 heterocycles. The number of hydrogen-bond acceptors (Lipinski definition) is 6. The number of halogens is 5. The molecule has 1 aliphatic heterocycles. The minimum absolute atomic E-state index is 0.0624. The number of carbonyl (C=O) groups is 2. The zero-order valence-electron chi connectivity index (χ0n) is 17.6. The number of amides is 2. The Labute approximate surface area is 222 Å². The summed E-state index contributed by atoms with van der Waals surface area (Å²) in [5.74, 6) is -0.831. The number of imide groups is 1. The molecule has 0 aliphatic carbocycles. The highest BCUT2D eigenvalue weighted by molar-refractivity contribution is 9.11. The Balaban J connectivity index is 1.64. The number of nitro groups is 1. The molecule has 0 N–H and O–H groups in total. The predicted molar refractivity (Wildman–Crippen MR) is 135 cm³/mol. The Bertz CT molecular complexity index is 1410. The molecule has 4 rings (SSSR count). The molecule has 0 spiro atoms. The first-order valence-corrected chi connectivity index (χ1v) is 12.2. The summed E-state index contributed by atoms with van der Waals surface area (Å²) in [7, 11) is 0. The van der Waals surface area contributed by atoms with Crippen LogP contribution in [-0.2, 0) is 11.0 Å². The van der Waals surface area contributed by atoms with Gasteiger partial charge in [-0.1, -0.05) is 18.2 Å². The number of thioether (sulfide) groups is 1. The van der Waals surface area contributed by atoms with E-state index in [0.717, 1.165) is 22.7 Å². The normalized spacial score (nSPS) is 15.0. The van der Waals surface area contributed by atoms with Gasteiger partial charge in [0.05, 0.1) is 30.0 Å². The molecule has 0 unspecified atom stereocenters. The van der Waals surface area contributed by atoms with Crippen LogP contribution in [0, 0.1) is 10.1 Å². The van der Waals surface area contributed by atoms with E-state index >= 15 is 0 Å². The fourth-order valence-corrected chi connectivity index (χ4v) is 5.44. The van der Waals surface area contributed by atoms with Crippen molar-refractivity contribution in [3.8, 4) is 11.5 Å². The van der Waals surface area contributed by atoms with Crippen molar-refractivity contribution in [1.29, 1.82) is 0 Å². The molecule has 0 aromatic heterocycles. The Kier molecular flexibility index (Phi) is 7.25. The van der Waals surface area contributed by atoms with E-state index in [0.29, 0.717) is 32.3 Å². The van der Waals surface area contributed by atoms with Crippen LogP contribution >= 0.6 is 43.6 Å². The number of hydrogen-bond donors (Lipinski definition) is 0. The zero-order valence-corrected chi connectivity index (χ0v) is 21.6. The summed E-state index contributed by atoms with van der Waals surface area (Å²) >= 11 is 7.34. The average Bonchev–Trinajstić information content (AvgIpc) is 3.08. The second kappa shape index (κ2) is 10.1. The van der Waals surface area contributed by atoms with E-state index in [1.54, 1.807) is 30.3 Å². The van der Waals surface area contributed by atoms with Crippen LogP contribution in [0.2, 0.25) is 0 Å². The molecule has 1 fully saturated rings. The Morgan fingerprint density at radius 2 is 1.64 bits per heavy atom. The van der Waals surface area contributed by atoms with E-state index in [4.69, 9.17) is 4.74 Å². The van der Waals surface area contributed by atoms with Crippen molar-refractivity contribution in [1.82, 2.24) is 0 Å². The fraction of sp³-hybridized carbons (Fsp3) is 0.0435. The maximum atomic E-state index is 13.0. The first-order valence-electron chi connectivity index (χ1n) is 9.81. The van der Waals surface area contributed by atoms with Gasteiger partial charge in [-0.15, -0.1) is 0 Å². The van der Waals surface area contributed by atoms with Gasteiger partial charge in [-0.25, -0.2) is 4.90 Å². The highest BCUT2D eigenvalue weighted by atomic mass is 79.9. The number of alkyl halides is 3. The molecule has 0 saturated carbocycles. The molecule has 0 bridgehead atoms. The van der Waals surface area contributed by atoms with Crippen molar-refractivity contribution >= 4 is 72.2 Å². The van der Waals surface area contributed by atoms with Gasteiger partial charge >= 0.3 is 11.9 Å². The molecule has 1 saturated heterocycles. The fourth-order valence-electron chi connectivity index (χ4n) is 3.21. The number of benzene rings is 3. The van der Waals surface area contributed by atoms with Gasteiger partial charge in [0, 0.05) is 6.07 Å². The van der Waals surface area contributed by atoms with Crippen LogP contribution < -0.4 is 9.64 Å². The van der Waals surface area contributed by atoms with Crippen molar-refractivity contribution in [2.75, 3.05) is 4.90 Å². The van der Waals surface area contributed by atoms with Gasteiger partial charge in [-0.2, -0.15) is 13.2 Å². The number of rotatable bonds is 5. The van der Waals surface area contributed by atoms with Gasteiger partial charge in [0.2, 0.25) is 5.75 Å². The van der Waals surface area contributed by atoms with Crippen molar-refractivity contribution in [2.45, 2.75) is 6.18 Å². The average molecular weight is 644 g/mol. The number of nitro benzene ring substituents is 1. The quantitative estimate of drug-likeness (QED) is 0.158. The molecule has 2 amide bonds. The molecule has 0 radical (unpaired) electrons. The lowest BCUT2D eigenvalue weighted by atomic mass is 10.1. The number of carbonyl (C=O) groups excluding carboxylic acids is 2. The lowest BCUT2D eigenvalue weighted by Crippen LogP contribution is -2.27. The Hall–Kier alpha value is -3.16. The first kappa shape index (κ1) is 25.9. The molecule has 13 heteroatoms. The zero-order chi connectivity index (χ0) is 26.2. The van der Waals surface area contributed by atoms with E-state index in [1.165, 1.54) is 18.2 Å². The van der Waals surface area contributed by atoms with Crippen molar-refractivity contribution < 1.29 is 32.4 Å². The largest absolute Gasteiger partial charge is 0.448 e. The Morgan fingerprint density at radius 3 is 2.22 bits per heavy atom. The van der Waals surface area contributed by atoms with Crippen LogP contribution in [0.25, 0.3) is 6.08 Å². The van der Waals surface area contributed by atoms with Gasteiger partial charge < -0.3 is 4.74 Å². The highest BCUT2D eigenvalue weighted by Crippen LogP contribution is 2.43. The van der Waals surface area contributed by atoms with Crippen LogP contribution in [0.4, 0.5) is 29.3 Å². The van der Waals surface area contributed by atoms with Crippen LogP contribution in [0.3, 0.4) is 0 Å². The van der Waals surface area contributed by atoms with Crippen LogP contribution in [0.15, 0.2) is 74.5 Å². The molecule has 3 aromatic carbocycles. The maximum absolute atomic E-state index is 13.0. The lowest BCUT2D eigenvalue weighted by Gasteiger charge is -2.13. The molecule has 7 nitrogen and oxygen atoms in total. The van der Waals surface area contributed by atoms with Crippen LogP contribution in [0.5, 0.6) is 11.5 Å². The topological polar surface area (TPSA) is 89.7 Å². The van der Waals surface area contributed by atoms with Crippen molar-refractivity contribution in [2.24, 2.45) is 0 Å². The number of anilines is 1. The summed E-state index contributed by atoms with van der Waals surface area (Å²) < 4.78 is 45.1. The van der Waals surface area contributed by atoms with Gasteiger partial charge in [0.15, 0.2) is 5.75 Å². The molecule has 36 heavy (non-hydrogen) atoms. The lowest BCUT2D eigenvalue weighted by molar-refractivity contribution is -0.385. The summed E-state index contributed by atoms with van der Waals surface area (Å²) in [4.78, 5) is 36.9. The predicted octanol–water partition coefficient (Wildman–Crippen LogP) is 8.17. The summed E-state index contributed by atoms with van der Waals surface area (Å²) in [6.45, 7) is 0. The van der Waals surface area contributed by atoms with E-state index in [-0.39, 0.29) is 10.7 Å². The number of nitrogens with zero attached hydrogens (tertiary/aromatic N) is 2. The Morgan fingerprint density at radius 1 is 1.00 bits per heavy atom. The van der Waals surface area contributed by atoms with E-state index in [1.807, 2.05) is 0 Å². The number of para-hydroxylation sites is 1. The SMILES string of the molecule is O=C1SC(=Cc2cc(Br)c(Oc3ccc(C(F)(F)F)cc3[N+](=O)[O-])c(Br)c2)C(=O)N1c1ccccc1. The number of ether oxygens (including phenoxy) is 1. The van der Waals surface area contributed by atoms with Gasteiger partial charge in [0.25, 0.3) is 11.1 Å². The summed E-state index contributed by atoms with van der Waals surface area (Å²) in [6, 6.07) is 13.5. The van der Waals surface area contributed by atoms with Gasteiger partial charge in [0.1, 0.15) is 0 Å².